The van der Waals surface area contributed by atoms with E-state index in [1.54, 1.807) is 19.1 Å². The molecule has 0 aromatic heterocycles. The van der Waals surface area contributed by atoms with Crippen molar-refractivity contribution in [3.05, 3.63) is 51.0 Å². The first-order valence-corrected chi connectivity index (χ1v) is 12.2. The Morgan fingerprint density at radius 1 is 1.06 bits per heavy atom. The van der Waals surface area contributed by atoms with Crippen molar-refractivity contribution in [3.63, 3.8) is 0 Å². The molecule has 9 heteroatoms. The second kappa shape index (κ2) is 8.48. The van der Waals surface area contributed by atoms with Crippen molar-refractivity contribution < 1.29 is 33.8 Å². The van der Waals surface area contributed by atoms with Crippen LogP contribution >= 0.6 is 15.9 Å². The Bertz CT molecular complexity index is 1270. The number of likely N-dealkylation sites (tertiary alicyclic amines) is 1. The second-order valence-electron chi connectivity index (χ2n) is 9.09. The van der Waals surface area contributed by atoms with Gasteiger partial charge in [0, 0.05) is 29.7 Å². The summed E-state index contributed by atoms with van der Waals surface area (Å²) in [7, 11) is 2.82. The van der Waals surface area contributed by atoms with Gasteiger partial charge < -0.3 is 14.6 Å². The summed E-state index contributed by atoms with van der Waals surface area (Å²) in [5, 5.41) is 10.4. The molecule has 1 heterocycles. The molecule has 35 heavy (non-hydrogen) atoms. The number of aromatic hydroxyl groups is 1. The number of fused-ring (bicyclic) bond motifs is 3. The lowest BCUT2D eigenvalue weighted by molar-refractivity contribution is -0.139. The van der Waals surface area contributed by atoms with E-state index in [1.807, 2.05) is 6.08 Å². The summed E-state index contributed by atoms with van der Waals surface area (Å²) in [5.41, 5.74) is 2.11. The summed E-state index contributed by atoms with van der Waals surface area (Å²) in [4.78, 5) is 54.0. The number of methoxy groups -OCH3 is 2. The number of ketones is 2. The largest absolute Gasteiger partial charge is 0.502 e. The maximum Gasteiger partial charge on any atom is 0.233 e. The van der Waals surface area contributed by atoms with Crippen LogP contribution in [0.25, 0.3) is 0 Å². The molecule has 1 N–H and O–H groups in total. The predicted molar refractivity (Wildman–Crippen MR) is 128 cm³/mol. The van der Waals surface area contributed by atoms with Gasteiger partial charge in [0.05, 0.1) is 30.5 Å². The van der Waals surface area contributed by atoms with Crippen molar-refractivity contribution in [2.45, 2.75) is 25.7 Å². The van der Waals surface area contributed by atoms with Crippen LogP contribution in [0.4, 0.5) is 0 Å². The van der Waals surface area contributed by atoms with Gasteiger partial charge in [-0.05, 0) is 59.3 Å². The SMILES string of the molecule is CCN1C(=O)[C@H]2[C@H](CC=C3[C@H](c4cc(OC)c(O)c(OC)c4)C4=C(C[C@H]32)C(=O)C(Br)=CC4=O)C1=O. The fourth-order valence-corrected chi connectivity index (χ4v) is 6.49. The smallest absolute Gasteiger partial charge is 0.233 e. The molecule has 5 rings (SSSR count). The second-order valence-corrected chi connectivity index (χ2v) is 9.94. The van der Waals surface area contributed by atoms with Crippen LogP contribution in [0.2, 0.25) is 0 Å². The predicted octanol–water partition coefficient (Wildman–Crippen LogP) is 3.19. The Morgan fingerprint density at radius 3 is 2.31 bits per heavy atom. The number of hydrogen-bond donors (Lipinski definition) is 1. The summed E-state index contributed by atoms with van der Waals surface area (Å²) in [6.45, 7) is 2.06. The number of imide groups is 1. The van der Waals surface area contributed by atoms with Crippen LogP contribution in [0.1, 0.15) is 31.2 Å². The average Bonchev–Trinajstić information content (AvgIpc) is 3.10. The maximum absolute atomic E-state index is 13.3. The van der Waals surface area contributed by atoms with Gasteiger partial charge >= 0.3 is 0 Å². The number of phenolic OH excluding ortho intramolecular Hbond substituents is 1. The van der Waals surface area contributed by atoms with Gasteiger partial charge in [-0.15, -0.1) is 0 Å². The Morgan fingerprint density at radius 2 is 1.71 bits per heavy atom. The summed E-state index contributed by atoms with van der Waals surface area (Å²) in [5.74, 6) is -3.00. The molecule has 0 spiro atoms. The standard InChI is InChI=1S/C26H24BrNO7/c1-4-28-25(32)13-6-5-12-14(21(13)26(28)33)9-15-22(17(29)10-16(27)23(15)30)20(12)11-7-18(34-2)24(31)19(8-11)35-3/h5,7-8,10,13-14,20-21,31H,4,6,9H2,1-3H3/t13-,14+,20-,21-/m0/s1. The first-order valence-electron chi connectivity index (χ1n) is 11.4. The molecule has 0 saturated carbocycles. The minimum atomic E-state index is -0.653. The molecule has 1 aliphatic heterocycles. The number of nitrogens with zero attached hydrogens (tertiary/aromatic N) is 1. The number of rotatable bonds is 4. The van der Waals surface area contributed by atoms with Crippen molar-refractivity contribution in [1.82, 2.24) is 4.90 Å². The van der Waals surface area contributed by atoms with E-state index in [2.05, 4.69) is 15.9 Å². The number of benzene rings is 1. The Kier molecular flexibility index (Phi) is 5.70. The first-order chi connectivity index (χ1) is 16.7. The Hall–Kier alpha value is -3.20. The molecule has 2 amide bonds. The minimum Gasteiger partial charge on any atom is -0.502 e. The van der Waals surface area contributed by atoms with Crippen LogP contribution < -0.4 is 9.47 Å². The quantitative estimate of drug-likeness (QED) is 0.354. The molecule has 1 aromatic rings. The zero-order chi connectivity index (χ0) is 25.2. The number of halogens is 1. The van der Waals surface area contributed by atoms with Crippen LogP contribution in [0.15, 0.2) is 45.5 Å². The average molecular weight is 542 g/mol. The molecule has 0 radical (unpaired) electrons. The summed E-state index contributed by atoms with van der Waals surface area (Å²) >= 11 is 3.21. The highest BCUT2D eigenvalue weighted by atomic mass is 79.9. The monoisotopic (exact) mass is 541 g/mol. The lowest BCUT2D eigenvalue weighted by atomic mass is 9.59. The number of allylic oxidation sites excluding steroid dienone is 6. The zero-order valence-corrected chi connectivity index (χ0v) is 21.0. The number of amides is 2. The van der Waals surface area contributed by atoms with Gasteiger partial charge in [-0.3, -0.25) is 24.1 Å². The third-order valence-corrected chi connectivity index (χ3v) is 8.16. The van der Waals surface area contributed by atoms with Gasteiger partial charge in [-0.2, -0.15) is 0 Å². The zero-order valence-electron chi connectivity index (χ0n) is 19.5. The van der Waals surface area contributed by atoms with E-state index in [0.717, 1.165) is 5.57 Å². The number of ether oxygens (including phenoxy) is 2. The van der Waals surface area contributed by atoms with E-state index in [9.17, 15) is 24.3 Å². The van der Waals surface area contributed by atoms with Crippen LogP contribution in [-0.4, -0.2) is 54.2 Å². The van der Waals surface area contributed by atoms with E-state index < -0.39 is 23.7 Å². The molecule has 4 aliphatic rings. The normalized spacial score (nSPS) is 27.8. The van der Waals surface area contributed by atoms with E-state index in [4.69, 9.17) is 9.47 Å². The van der Waals surface area contributed by atoms with Crippen molar-refractivity contribution in [3.8, 4) is 17.2 Å². The lowest BCUT2D eigenvalue weighted by Gasteiger charge is -2.42. The van der Waals surface area contributed by atoms with Gasteiger partial charge in [-0.1, -0.05) is 11.6 Å². The van der Waals surface area contributed by atoms with E-state index in [1.165, 1.54) is 25.2 Å². The third-order valence-electron chi connectivity index (χ3n) is 7.57. The van der Waals surface area contributed by atoms with Crippen molar-refractivity contribution in [2.24, 2.45) is 17.8 Å². The first kappa shape index (κ1) is 23.5. The Balaban J connectivity index is 1.73. The molecule has 8 nitrogen and oxygen atoms in total. The highest BCUT2D eigenvalue weighted by molar-refractivity contribution is 9.12. The highest BCUT2D eigenvalue weighted by Gasteiger charge is 2.56. The van der Waals surface area contributed by atoms with Crippen LogP contribution in [0.5, 0.6) is 17.2 Å². The minimum absolute atomic E-state index is 0.161. The number of Topliss-reactive ketones (excluding diaryl/α,β-unsaturated/α-hetero) is 1. The van der Waals surface area contributed by atoms with Gasteiger partial charge in [0.2, 0.25) is 17.6 Å². The van der Waals surface area contributed by atoms with Crippen molar-refractivity contribution >= 4 is 39.3 Å². The van der Waals surface area contributed by atoms with Crippen LogP contribution in [-0.2, 0) is 19.2 Å². The number of phenols is 1. The number of hydrogen-bond acceptors (Lipinski definition) is 7. The summed E-state index contributed by atoms with van der Waals surface area (Å²) in [6, 6.07) is 3.24. The highest BCUT2D eigenvalue weighted by Crippen LogP contribution is 2.56. The van der Waals surface area contributed by atoms with Crippen LogP contribution in [0.3, 0.4) is 0 Å². The topological polar surface area (TPSA) is 110 Å². The molecule has 1 aromatic carbocycles. The number of carbonyl (C=O) groups excluding carboxylic acids is 4. The maximum atomic E-state index is 13.3. The summed E-state index contributed by atoms with van der Waals surface area (Å²) < 4.78 is 10.9. The van der Waals surface area contributed by atoms with E-state index in [-0.39, 0.29) is 51.5 Å². The molecular formula is C26H24BrNO7. The molecule has 4 atom stereocenters. The Labute approximate surface area is 210 Å². The van der Waals surface area contributed by atoms with Crippen molar-refractivity contribution in [1.29, 1.82) is 0 Å². The van der Waals surface area contributed by atoms with Gasteiger partial charge in [0.25, 0.3) is 0 Å². The molecule has 0 bridgehead atoms. The molecule has 1 saturated heterocycles. The van der Waals surface area contributed by atoms with E-state index >= 15 is 0 Å². The third kappa shape index (κ3) is 3.31. The fraction of sp³-hybridized carbons (Fsp3) is 0.385. The molecule has 3 aliphatic carbocycles. The fourth-order valence-electron chi connectivity index (χ4n) is 6.04. The molecular weight excluding hydrogens is 518 g/mol. The van der Waals surface area contributed by atoms with Crippen molar-refractivity contribution in [2.75, 3.05) is 20.8 Å². The van der Waals surface area contributed by atoms with E-state index in [0.29, 0.717) is 29.7 Å². The molecule has 0 unspecified atom stereocenters. The summed E-state index contributed by atoms with van der Waals surface area (Å²) in [6.07, 6.45) is 3.81. The van der Waals surface area contributed by atoms with Crippen LogP contribution in [0, 0.1) is 17.8 Å². The molecule has 1 fully saturated rings. The lowest BCUT2D eigenvalue weighted by Crippen LogP contribution is -2.39. The van der Waals surface area contributed by atoms with Gasteiger partial charge in [0.1, 0.15) is 0 Å². The number of carbonyl (C=O) groups is 4. The molecule has 182 valence electrons. The van der Waals surface area contributed by atoms with Gasteiger partial charge in [-0.25, -0.2) is 0 Å². The van der Waals surface area contributed by atoms with Gasteiger partial charge in [0.15, 0.2) is 23.1 Å².